The van der Waals surface area contributed by atoms with Gasteiger partial charge in [-0.1, -0.05) is 12.8 Å². The van der Waals surface area contributed by atoms with Gasteiger partial charge in [-0.15, -0.1) is 10.2 Å². The van der Waals surface area contributed by atoms with Crippen molar-refractivity contribution in [1.29, 1.82) is 0 Å². The molecule has 1 aromatic carbocycles. The van der Waals surface area contributed by atoms with Gasteiger partial charge in [-0.25, -0.2) is 0 Å². The summed E-state index contributed by atoms with van der Waals surface area (Å²) < 4.78 is 37.7. The topological polar surface area (TPSA) is 58.1 Å². The molecule has 0 saturated carbocycles. The van der Waals surface area contributed by atoms with Crippen molar-refractivity contribution in [2.45, 2.75) is 31.9 Å². The number of likely N-dealkylation sites (tertiary alicyclic amines) is 1. The first kappa shape index (κ1) is 18.2. The summed E-state index contributed by atoms with van der Waals surface area (Å²) in [6.07, 6.45) is -0.121. The molecule has 5 nitrogen and oxygen atoms in total. The Balaban J connectivity index is 1.65. The van der Waals surface area contributed by atoms with Crippen LogP contribution in [0, 0.1) is 0 Å². The number of nitrogens with one attached hydrogen (secondary N) is 1. The predicted octanol–water partition coefficient (Wildman–Crippen LogP) is 4.26. The monoisotopic (exact) mass is 364 g/mol. The third-order valence-electron chi connectivity index (χ3n) is 4.26. The molecule has 26 heavy (non-hydrogen) atoms. The maximum absolute atomic E-state index is 12.6. The van der Waals surface area contributed by atoms with Crippen LogP contribution >= 0.6 is 0 Å². The second-order valence-corrected chi connectivity index (χ2v) is 6.21. The minimum absolute atomic E-state index is 0.138. The van der Waals surface area contributed by atoms with Gasteiger partial charge in [0.2, 0.25) is 0 Å². The number of nitrogens with zero attached hydrogens (tertiary/aromatic N) is 3. The smallest absolute Gasteiger partial charge is 0.339 e. The number of carbonyl (C=O) groups is 1. The van der Waals surface area contributed by atoms with Gasteiger partial charge in [0.1, 0.15) is 0 Å². The Morgan fingerprint density at radius 3 is 2.12 bits per heavy atom. The summed E-state index contributed by atoms with van der Waals surface area (Å²) in [4.78, 5) is 14.2. The average Bonchev–Trinajstić information content (AvgIpc) is 2.91. The van der Waals surface area contributed by atoms with Gasteiger partial charge in [0.25, 0.3) is 5.91 Å². The van der Waals surface area contributed by atoms with Crippen molar-refractivity contribution >= 4 is 17.4 Å². The number of carbonyl (C=O) groups excluding carboxylic acids is 1. The van der Waals surface area contributed by atoms with Crippen LogP contribution in [0.1, 0.15) is 41.7 Å². The van der Waals surface area contributed by atoms with Crippen molar-refractivity contribution in [2.75, 3.05) is 18.4 Å². The minimum Gasteiger partial charge on any atom is -0.339 e. The van der Waals surface area contributed by atoms with E-state index in [1.54, 1.807) is 17.0 Å². The predicted molar refractivity (Wildman–Crippen MR) is 91.1 cm³/mol. The molecule has 1 amide bonds. The fourth-order valence-electron chi connectivity index (χ4n) is 2.84. The summed E-state index contributed by atoms with van der Waals surface area (Å²) >= 11 is 0. The van der Waals surface area contributed by atoms with E-state index in [9.17, 15) is 18.0 Å². The molecule has 138 valence electrons. The molecule has 0 atom stereocenters. The fraction of sp³-hybridized carbons (Fsp3) is 0.389. The van der Waals surface area contributed by atoms with Gasteiger partial charge in [0, 0.05) is 18.8 Å². The first-order valence-electron chi connectivity index (χ1n) is 8.51. The van der Waals surface area contributed by atoms with Crippen LogP contribution in [-0.4, -0.2) is 34.1 Å². The standard InChI is InChI=1S/C18H19F3N4O/c19-18(20,21)13-5-7-14(8-6-13)22-16-10-9-15(23-24-16)17(26)25-11-3-1-2-4-12-25/h5-10H,1-4,11-12H2,(H,22,24). The van der Waals surface area contributed by atoms with E-state index in [4.69, 9.17) is 0 Å². The SMILES string of the molecule is O=C(c1ccc(Nc2ccc(C(F)(F)F)cc2)nn1)N1CCCCCC1. The summed E-state index contributed by atoms with van der Waals surface area (Å²) in [7, 11) is 0. The molecule has 1 N–H and O–H groups in total. The summed E-state index contributed by atoms with van der Waals surface area (Å²) in [5.74, 6) is 0.220. The molecule has 1 saturated heterocycles. The van der Waals surface area contributed by atoms with Gasteiger partial charge in [-0.05, 0) is 49.2 Å². The molecule has 3 rings (SSSR count). The van der Waals surface area contributed by atoms with Gasteiger partial charge in [-0.3, -0.25) is 4.79 Å². The van der Waals surface area contributed by atoms with Crippen LogP contribution in [0.4, 0.5) is 24.7 Å². The van der Waals surface area contributed by atoms with E-state index < -0.39 is 11.7 Å². The van der Waals surface area contributed by atoms with Crippen LogP contribution < -0.4 is 5.32 Å². The van der Waals surface area contributed by atoms with Crippen molar-refractivity contribution < 1.29 is 18.0 Å². The molecule has 1 aliphatic rings. The zero-order valence-electron chi connectivity index (χ0n) is 14.1. The molecule has 1 aromatic heterocycles. The van der Waals surface area contributed by atoms with Crippen molar-refractivity contribution in [3.05, 3.63) is 47.7 Å². The van der Waals surface area contributed by atoms with Crippen LogP contribution in [0.25, 0.3) is 0 Å². The van der Waals surface area contributed by atoms with E-state index in [-0.39, 0.29) is 11.6 Å². The molecular weight excluding hydrogens is 345 g/mol. The molecule has 2 aromatic rings. The lowest BCUT2D eigenvalue weighted by Crippen LogP contribution is -2.32. The first-order valence-corrected chi connectivity index (χ1v) is 8.51. The number of aromatic nitrogens is 2. The first-order chi connectivity index (χ1) is 12.4. The van der Waals surface area contributed by atoms with E-state index in [2.05, 4.69) is 15.5 Å². The average molecular weight is 364 g/mol. The Morgan fingerprint density at radius 1 is 0.923 bits per heavy atom. The summed E-state index contributed by atoms with van der Waals surface area (Å²) in [6, 6.07) is 7.80. The van der Waals surface area contributed by atoms with Crippen molar-refractivity contribution in [2.24, 2.45) is 0 Å². The van der Waals surface area contributed by atoms with Gasteiger partial charge < -0.3 is 10.2 Å². The van der Waals surface area contributed by atoms with Crippen LogP contribution in [0.3, 0.4) is 0 Å². The third-order valence-corrected chi connectivity index (χ3v) is 4.26. The Morgan fingerprint density at radius 2 is 1.58 bits per heavy atom. The van der Waals surface area contributed by atoms with E-state index in [0.29, 0.717) is 11.5 Å². The molecule has 1 fully saturated rings. The largest absolute Gasteiger partial charge is 0.416 e. The number of amides is 1. The van der Waals surface area contributed by atoms with Crippen LogP contribution in [-0.2, 0) is 6.18 Å². The van der Waals surface area contributed by atoms with Gasteiger partial charge in [0.05, 0.1) is 5.56 Å². The third kappa shape index (κ3) is 4.50. The summed E-state index contributed by atoms with van der Waals surface area (Å²) in [5, 5.41) is 10.8. The highest BCUT2D eigenvalue weighted by Crippen LogP contribution is 2.30. The summed E-state index contributed by atoms with van der Waals surface area (Å²) in [6.45, 7) is 1.46. The number of benzene rings is 1. The van der Waals surface area contributed by atoms with E-state index >= 15 is 0 Å². The van der Waals surface area contributed by atoms with Crippen LogP contribution in [0.2, 0.25) is 0 Å². The maximum Gasteiger partial charge on any atom is 0.416 e. The number of hydrogen-bond acceptors (Lipinski definition) is 4. The molecule has 2 heterocycles. The number of rotatable bonds is 3. The molecule has 0 unspecified atom stereocenters. The Labute approximate surface area is 149 Å². The van der Waals surface area contributed by atoms with Crippen molar-refractivity contribution in [3.8, 4) is 0 Å². The van der Waals surface area contributed by atoms with E-state index in [0.717, 1.165) is 50.9 Å². The zero-order valence-corrected chi connectivity index (χ0v) is 14.1. The highest BCUT2D eigenvalue weighted by Gasteiger charge is 2.29. The van der Waals surface area contributed by atoms with Crippen LogP contribution in [0.15, 0.2) is 36.4 Å². The number of alkyl halides is 3. The zero-order chi connectivity index (χ0) is 18.6. The summed E-state index contributed by atoms with van der Waals surface area (Å²) in [5.41, 5.74) is 0.0105. The maximum atomic E-state index is 12.6. The van der Waals surface area contributed by atoms with Gasteiger partial charge >= 0.3 is 6.18 Å². The van der Waals surface area contributed by atoms with E-state index in [1.807, 2.05) is 0 Å². The normalized spacial score (nSPS) is 15.4. The Kier molecular flexibility index (Phi) is 5.39. The van der Waals surface area contributed by atoms with Gasteiger partial charge in [-0.2, -0.15) is 13.2 Å². The van der Waals surface area contributed by atoms with Gasteiger partial charge in [0.15, 0.2) is 11.5 Å². The quantitative estimate of drug-likeness (QED) is 0.884. The lowest BCUT2D eigenvalue weighted by Gasteiger charge is -2.19. The van der Waals surface area contributed by atoms with E-state index in [1.165, 1.54) is 12.1 Å². The Hall–Kier alpha value is -2.64. The number of halogens is 3. The molecule has 1 aliphatic heterocycles. The van der Waals surface area contributed by atoms with Crippen molar-refractivity contribution in [1.82, 2.24) is 15.1 Å². The molecule has 8 heteroatoms. The Bertz CT molecular complexity index is 737. The molecular formula is C18H19F3N4O. The molecule has 0 bridgehead atoms. The minimum atomic E-state index is -4.37. The fourth-order valence-corrected chi connectivity index (χ4v) is 2.84. The van der Waals surface area contributed by atoms with Crippen molar-refractivity contribution in [3.63, 3.8) is 0 Å². The lowest BCUT2D eigenvalue weighted by atomic mass is 10.2. The highest BCUT2D eigenvalue weighted by molar-refractivity contribution is 5.92. The number of hydrogen-bond donors (Lipinski definition) is 1. The highest BCUT2D eigenvalue weighted by atomic mass is 19.4. The number of anilines is 2. The lowest BCUT2D eigenvalue weighted by molar-refractivity contribution is -0.137. The molecule has 0 spiro atoms. The molecule has 0 aliphatic carbocycles. The molecule has 0 radical (unpaired) electrons. The second kappa shape index (κ2) is 7.72. The van der Waals surface area contributed by atoms with Crippen LogP contribution in [0.5, 0.6) is 0 Å². The second-order valence-electron chi connectivity index (χ2n) is 6.21.